The number of anilines is 1. The molecule has 19 heteroatoms. The number of methoxy groups -OCH3 is 1. The number of ketones is 1. The number of para-hydroxylation sites is 1. The summed E-state index contributed by atoms with van der Waals surface area (Å²) in [4.78, 5) is 73.6. The average Bonchev–Trinajstić information content (AvgIpc) is 3.00. The standard InChI is InChI=1S/C27H25F7N4O8/c1-3-15(36-19(40)10-35-24(42)12-6-4-5-7-16(12)38-26(44)27(32,33)34)25(43)37-17(9-20(41)45-2)18(39)11-46-23-21(30)13(28)8-14(29)22(23)31/h4-8,15,17H,3,9-11H2,1-2H3,(H,35,42)(H,36,40)(H,37,43)(H,38,44)/t15-,17-/m0/s1. The van der Waals surface area contributed by atoms with Crippen LogP contribution in [0.2, 0.25) is 0 Å². The maximum atomic E-state index is 13.9. The summed E-state index contributed by atoms with van der Waals surface area (Å²) in [6, 6.07) is 1.30. The summed E-state index contributed by atoms with van der Waals surface area (Å²) in [5.74, 6) is -16.8. The molecule has 0 aliphatic rings. The van der Waals surface area contributed by atoms with Gasteiger partial charge in [0.2, 0.25) is 23.4 Å². The van der Waals surface area contributed by atoms with Crippen LogP contribution < -0.4 is 26.0 Å². The molecule has 0 radical (unpaired) electrons. The van der Waals surface area contributed by atoms with Gasteiger partial charge in [-0.1, -0.05) is 19.1 Å². The maximum absolute atomic E-state index is 13.9. The number of halogens is 7. The predicted molar refractivity (Wildman–Crippen MR) is 141 cm³/mol. The molecule has 0 bridgehead atoms. The number of esters is 1. The number of hydrogen-bond donors (Lipinski definition) is 4. The minimum absolute atomic E-state index is 0.0960. The van der Waals surface area contributed by atoms with Crippen molar-refractivity contribution in [2.75, 3.05) is 25.6 Å². The molecule has 250 valence electrons. The average molecular weight is 667 g/mol. The van der Waals surface area contributed by atoms with Gasteiger partial charge in [-0.05, 0) is 18.6 Å². The quantitative estimate of drug-likeness (QED) is 0.135. The Morgan fingerprint density at radius 2 is 1.50 bits per heavy atom. The second kappa shape index (κ2) is 16.2. The lowest BCUT2D eigenvalue weighted by Crippen LogP contribution is -2.53. The van der Waals surface area contributed by atoms with Crippen molar-refractivity contribution in [3.63, 3.8) is 0 Å². The lowest BCUT2D eigenvalue weighted by Gasteiger charge is -2.22. The number of carbonyl (C=O) groups is 6. The lowest BCUT2D eigenvalue weighted by atomic mass is 10.1. The van der Waals surface area contributed by atoms with Gasteiger partial charge in [0, 0.05) is 6.07 Å². The van der Waals surface area contributed by atoms with Crippen LogP contribution in [0.3, 0.4) is 0 Å². The fraction of sp³-hybridized carbons (Fsp3) is 0.333. The highest BCUT2D eigenvalue weighted by atomic mass is 19.4. The molecule has 0 aliphatic heterocycles. The van der Waals surface area contributed by atoms with Crippen LogP contribution >= 0.6 is 0 Å². The molecule has 0 saturated carbocycles. The topological polar surface area (TPSA) is 169 Å². The van der Waals surface area contributed by atoms with E-state index in [2.05, 4.69) is 25.4 Å². The zero-order valence-corrected chi connectivity index (χ0v) is 23.8. The third kappa shape index (κ3) is 10.2. The molecule has 2 atom stereocenters. The molecule has 0 saturated heterocycles. The SMILES string of the molecule is CC[C@H](NC(=O)CNC(=O)c1ccccc1NC(=O)C(F)(F)F)C(=O)N[C@@H](CC(=O)OC)C(=O)COc1c(F)c(F)cc(F)c1F. The second-order valence-electron chi connectivity index (χ2n) is 9.10. The van der Waals surface area contributed by atoms with Crippen LogP contribution in [0.5, 0.6) is 5.75 Å². The molecule has 0 fully saturated rings. The van der Waals surface area contributed by atoms with E-state index in [4.69, 9.17) is 0 Å². The number of nitrogens with one attached hydrogen (secondary N) is 4. The maximum Gasteiger partial charge on any atom is 0.471 e. The van der Waals surface area contributed by atoms with Crippen LogP contribution in [0, 0.1) is 23.3 Å². The van der Waals surface area contributed by atoms with Gasteiger partial charge in [-0.3, -0.25) is 28.8 Å². The Morgan fingerprint density at radius 3 is 2.07 bits per heavy atom. The summed E-state index contributed by atoms with van der Waals surface area (Å²) in [6.07, 6.45) is -6.21. The van der Waals surface area contributed by atoms with E-state index in [0.29, 0.717) is 0 Å². The molecule has 4 amide bonds. The molecule has 0 aliphatic carbocycles. The van der Waals surface area contributed by atoms with Crippen molar-refractivity contribution in [3.05, 3.63) is 59.2 Å². The van der Waals surface area contributed by atoms with Gasteiger partial charge in [0.15, 0.2) is 23.2 Å². The van der Waals surface area contributed by atoms with Crippen LogP contribution in [-0.4, -0.2) is 73.9 Å². The molecule has 2 rings (SSSR count). The van der Waals surface area contributed by atoms with E-state index >= 15 is 0 Å². The Balaban J connectivity index is 2.06. The van der Waals surface area contributed by atoms with Gasteiger partial charge < -0.3 is 30.7 Å². The van der Waals surface area contributed by atoms with Gasteiger partial charge in [-0.25, -0.2) is 8.78 Å². The summed E-state index contributed by atoms with van der Waals surface area (Å²) in [5.41, 5.74) is -0.934. The molecule has 2 aromatic rings. The van der Waals surface area contributed by atoms with Crippen molar-refractivity contribution in [1.29, 1.82) is 0 Å². The van der Waals surface area contributed by atoms with Crippen molar-refractivity contribution in [2.45, 2.75) is 38.0 Å². The van der Waals surface area contributed by atoms with Gasteiger partial charge in [-0.15, -0.1) is 0 Å². The van der Waals surface area contributed by atoms with Crippen LogP contribution in [0.15, 0.2) is 30.3 Å². The highest BCUT2D eigenvalue weighted by Gasteiger charge is 2.39. The van der Waals surface area contributed by atoms with Crippen molar-refractivity contribution in [3.8, 4) is 5.75 Å². The first-order valence-electron chi connectivity index (χ1n) is 12.9. The zero-order valence-electron chi connectivity index (χ0n) is 23.8. The van der Waals surface area contributed by atoms with Crippen LogP contribution in [0.25, 0.3) is 0 Å². The summed E-state index contributed by atoms with van der Waals surface area (Å²) in [6.45, 7) is -0.685. The number of Topliss-reactive ketones (excluding diaryl/α,β-unsaturated/α-hetero) is 1. The number of ether oxygens (including phenoxy) is 2. The third-order valence-electron chi connectivity index (χ3n) is 5.88. The Morgan fingerprint density at radius 1 is 0.891 bits per heavy atom. The van der Waals surface area contributed by atoms with Crippen molar-refractivity contribution in [1.82, 2.24) is 16.0 Å². The molecule has 0 heterocycles. The smallest absolute Gasteiger partial charge is 0.471 e. The van der Waals surface area contributed by atoms with Crippen molar-refractivity contribution >= 4 is 41.1 Å². The monoisotopic (exact) mass is 666 g/mol. The van der Waals surface area contributed by atoms with E-state index in [1.54, 1.807) is 0 Å². The highest BCUT2D eigenvalue weighted by molar-refractivity contribution is 6.05. The third-order valence-corrected chi connectivity index (χ3v) is 5.88. The van der Waals surface area contributed by atoms with Crippen LogP contribution in [0.4, 0.5) is 36.4 Å². The Hall–Kier alpha value is -5.23. The van der Waals surface area contributed by atoms with E-state index in [1.165, 1.54) is 24.4 Å². The molecule has 0 aromatic heterocycles. The van der Waals surface area contributed by atoms with E-state index in [-0.39, 0.29) is 12.5 Å². The van der Waals surface area contributed by atoms with Gasteiger partial charge in [0.05, 0.1) is 31.3 Å². The molecular weight excluding hydrogens is 641 g/mol. The zero-order chi connectivity index (χ0) is 34.8. The summed E-state index contributed by atoms with van der Waals surface area (Å²) < 4.78 is 101. The number of alkyl halides is 3. The summed E-state index contributed by atoms with van der Waals surface area (Å²) in [7, 11) is 0.939. The normalized spacial score (nSPS) is 12.3. The number of rotatable bonds is 14. The molecule has 46 heavy (non-hydrogen) atoms. The van der Waals surface area contributed by atoms with Gasteiger partial charge in [-0.2, -0.15) is 22.0 Å². The number of carbonyl (C=O) groups excluding carboxylic acids is 6. The van der Waals surface area contributed by atoms with Crippen molar-refractivity contribution < 1.29 is 69.0 Å². The Kier molecular flexibility index (Phi) is 13.0. The Bertz CT molecular complexity index is 1480. The summed E-state index contributed by atoms with van der Waals surface area (Å²) >= 11 is 0. The van der Waals surface area contributed by atoms with Crippen LogP contribution in [0.1, 0.15) is 30.1 Å². The van der Waals surface area contributed by atoms with Crippen molar-refractivity contribution in [2.24, 2.45) is 0 Å². The van der Waals surface area contributed by atoms with E-state index in [9.17, 15) is 59.5 Å². The predicted octanol–water partition coefficient (Wildman–Crippen LogP) is 2.06. The summed E-state index contributed by atoms with van der Waals surface area (Å²) in [5, 5.41) is 7.96. The number of amides is 4. The minimum atomic E-state index is -5.25. The van der Waals surface area contributed by atoms with E-state index in [1.807, 2.05) is 0 Å². The lowest BCUT2D eigenvalue weighted by molar-refractivity contribution is -0.167. The molecule has 0 spiro atoms. The molecule has 4 N–H and O–H groups in total. The molecular formula is C27H25F7N4O8. The molecule has 2 aromatic carbocycles. The second-order valence-corrected chi connectivity index (χ2v) is 9.10. The first-order valence-corrected chi connectivity index (χ1v) is 12.9. The minimum Gasteiger partial charge on any atom is -0.479 e. The number of hydrogen-bond acceptors (Lipinski definition) is 8. The van der Waals surface area contributed by atoms with Gasteiger partial charge in [0.1, 0.15) is 18.7 Å². The van der Waals surface area contributed by atoms with E-state index < -0.39 is 113 Å². The van der Waals surface area contributed by atoms with Crippen LogP contribution in [-0.2, 0) is 28.7 Å². The fourth-order valence-corrected chi connectivity index (χ4v) is 3.53. The van der Waals surface area contributed by atoms with E-state index in [0.717, 1.165) is 19.2 Å². The first kappa shape index (κ1) is 37.0. The molecule has 12 nitrogen and oxygen atoms in total. The van der Waals surface area contributed by atoms with Gasteiger partial charge >= 0.3 is 18.1 Å². The first-order chi connectivity index (χ1) is 21.5. The van der Waals surface area contributed by atoms with Gasteiger partial charge in [0.25, 0.3) is 5.91 Å². The largest absolute Gasteiger partial charge is 0.479 e. The molecule has 0 unspecified atom stereocenters. The number of benzene rings is 2. The highest BCUT2D eigenvalue weighted by Crippen LogP contribution is 2.26. The Labute approximate surface area is 255 Å². The fourth-order valence-electron chi connectivity index (χ4n) is 3.53.